The quantitative estimate of drug-likeness (QED) is 0.822. The Kier molecular flexibility index (Phi) is 6.16. The molecule has 8 heteroatoms. The highest BCUT2D eigenvalue weighted by Gasteiger charge is 2.36. The van der Waals surface area contributed by atoms with E-state index < -0.39 is 12.1 Å². The smallest absolute Gasteiger partial charge is 0.404 e. The summed E-state index contributed by atoms with van der Waals surface area (Å²) in [6.07, 6.45) is 3.37. The normalized spacial score (nSPS) is 19.2. The first-order valence-corrected chi connectivity index (χ1v) is 9.42. The van der Waals surface area contributed by atoms with E-state index in [9.17, 15) is 14.4 Å². The Hall–Kier alpha value is -2.77. The summed E-state index contributed by atoms with van der Waals surface area (Å²) in [7, 11) is 0. The van der Waals surface area contributed by atoms with Gasteiger partial charge in [-0.1, -0.05) is 12.1 Å². The number of benzene rings is 1. The Labute approximate surface area is 158 Å². The number of carbonyl (C=O) groups excluding carboxylic acids is 3. The summed E-state index contributed by atoms with van der Waals surface area (Å²) in [5, 5.41) is 2.90. The van der Waals surface area contributed by atoms with Gasteiger partial charge in [0.1, 0.15) is 6.04 Å². The topological polar surface area (TPSA) is 105 Å². The van der Waals surface area contributed by atoms with Crippen molar-refractivity contribution in [3.8, 4) is 0 Å². The minimum Gasteiger partial charge on any atom is -0.449 e. The molecule has 27 heavy (non-hydrogen) atoms. The van der Waals surface area contributed by atoms with Gasteiger partial charge < -0.3 is 25.6 Å². The molecule has 146 valence electrons. The van der Waals surface area contributed by atoms with Gasteiger partial charge in [-0.05, 0) is 43.4 Å². The maximum absolute atomic E-state index is 12.7. The number of carbonyl (C=O) groups is 3. The van der Waals surface area contributed by atoms with Crippen LogP contribution in [0.1, 0.15) is 31.2 Å². The Bertz CT molecular complexity index is 685. The summed E-state index contributed by atoms with van der Waals surface area (Å²) in [6, 6.07) is 6.90. The van der Waals surface area contributed by atoms with E-state index in [0.29, 0.717) is 25.1 Å². The fourth-order valence-corrected chi connectivity index (χ4v) is 3.61. The molecule has 8 nitrogen and oxygen atoms in total. The van der Waals surface area contributed by atoms with Crippen LogP contribution in [0.15, 0.2) is 24.3 Å². The van der Waals surface area contributed by atoms with E-state index in [0.717, 1.165) is 37.9 Å². The van der Waals surface area contributed by atoms with E-state index in [1.54, 1.807) is 17.0 Å². The molecule has 1 unspecified atom stereocenters. The van der Waals surface area contributed by atoms with Crippen LogP contribution in [0.25, 0.3) is 0 Å². The molecule has 1 atom stereocenters. The predicted octanol–water partition coefficient (Wildman–Crippen LogP) is 1.94. The van der Waals surface area contributed by atoms with Crippen molar-refractivity contribution in [3.05, 3.63) is 29.8 Å². The number of anilines is 1. The van der Waals surface area contributed by atoms with Gasteiger partial charge in [0.2, 0.25) is 5.91 Å². The summed E-state index contributed by atoms with van der Waals surface area (Å²) in [6.45, 7) is 2.41. The first-order valence-electron chi connectivity index (χ1n) is 9.42. The van der Waals surface area contributed by atoms with E-state index in [1.807, 2.05) is 17.0 Å². The van der Waals surface area contributed by atoms with Gasteiger partial charge in [-0.2, -0.15) is 0 Å². The number of urea groups is 1. The van der Waals surface area contributed by atoms with Gasteiger partial charge in [0.15, 0.2) is 0 Å². The van der Waals surface area contributed by atoms with Gasteiger partial charge in [0, 0.05) is 31.7 Å². The van der Waals surface area contributed by atoms with Crippen molar-refractivity contribution < 1.29 is 19.1 Å². The summed E-state index contributed by atoms with van der Waals surface area (Å²) in [4.78, 5) is 39.4. The number of hydrogen-bond donors (Lipinski definition) is 2. The second-order valence-corrected chi connectivity index (χ2v) is 6.93. The number of likely N-dealkylation sites (tertiary alicyclic amines) is 2. The minimum absolute atomic E-state index is 0.0186. The van der Waals surface area contributed by atoms with E-state index >= 15 is 0 Å². The van der Waals surface area contributed by atoms with Gasteiger partial charge >= 0.3 is 12.1 Å². The number of hydrogen-bond acceptors (Lipinski definition) is 4. The molecular weight excluding hydrogens is 348 g/mol. The molecule has 0 aliphatic carbocycles. The number of amides is 4. The van der Waals surface area contributed by atoms with Gasteiger partial charge in [-0.15, -0.1) is 0 Å². The molecule has 2 heterocycles. The molecule has 0 radical (unpaired) electrons. The van der Waals surface area contributed by atoms with Crippen molar-refractivity contribution in [1.29, 1.82) is 0 Å². The van der Waals surface area contributed by atoms with Crippen LogP contribution in [-0.2, 0) is 16.0 Å². The van der Waals surface area contributed by atoms with Crippen LogP contribution in [-0.4, -0.2) is 60.1 Å². The molecule has 2 fully saturated rings. The number of nitrogens with one attached hydrogen (secondary N) is 1. The highest BCUT2D eigenvalue weighted by atomic mass is 16.5. The van der Waals surface area contributed by atoms with Crippen molar-refractivity contribution in [1.82, 2.24) is 9.80 Å². The van der Waals surface area contributed by atoms with Crippen molar-refractivity contribution in [2.75, 3.05) is 31.6 Å². The monoisotopic (exact) mass is 374 g/mol. The van der Waals surface area contributed by atoms with Gasteiger partial charge in [0.25, 0.3) is 0 Å². The fourth-order valence-electron chi connectivity index (χ4n) is 3.61. The van der Waals surface area contributed by atoms with E-state index in [-0.39, 0.29) is 18.5 Å². The average Bonchev–Trinajstić information content (AvgIpc) is 3.34. The number of rotatable bonds is 5. The molecule has 2 aliphatic heterocycles. The predicted molar refractivity (Wildman–Crippen MR) is 100 cm³/mol. The molecule has 0 bridgehead atoms. The Balaban J connectivity index is 1.54. The van der Waals surface area contributed by atoms with Crippen molar-refractivity contribution >= 4 is 23.7 Å². The minimum atomic E-state index is -0.788. The number of nitrogens with two attached hydrogens (primary N) is 1. The highest BCUT2D eigenvalue weighted by Crippen LogP contribution is 2.23. The molecule has 4 amide bonds. The van der Waals surface area contributed by atoms with Crippen LogP contribution in [0.5, 0.6) is 0 Å². The van der Waals surface area contributed by atoms with Gasteiger partial charge in [-0.3, -0.25) is 4.79 Å². The molecular formula is C19H26N4O4. The van der Waals surface area contributed by atoms with Crippen molar-refractivity contribution in [2.45, 2.75) is 38.1 Å². The Morgan fingerprint density at radius 3 is 2.44 bits per heavy atom. The van der Waals surface area contributed by atoms with Gasteiger partial charge in [0.05, 0.1) is 6.61 Å². The summed E-state index contributed by atoms with van der Waals surface area (Å²) in [5.74, 6) is -0.148. The Morgan fingerprint density at radius 2 is 1.78 bits per heavy atom. The van der Waals surface area contributed by atoms with Crippen LogP contribution >= 0.6 is 0 Å². The van der Waals surface area contributed by atoms with E-state index in [2.05, 4.69) is 5.32 Å². The molecule has 0 spiro atoms. The van der Waals surface area contributed by atoms with Crippen LogP contribution in [0.2, 0.25) is 0 Å². The summed E-state index contributed by atoms with van der Waals surface area (Å²) < 4.78 is 4.71. The molecule has 0 aromatic heterocycles. The lowest BCUT2D eigenvalue weighted by Crippen LogP contribution is -2.48. The lowest BCUT2D eigenvalue weighted by molar-refractivity contribution is -0.119. The number of ether oxygens (including phenoxy) is 1. The third-order valence-electron chi connectivity index (χ3n) is 5.03. The van der Waals surface area contributed by atoms with E-state index in [4.69, 9.17) is 10.5 Å². The van der Waals surface area contributed by atoms with Crippen LogP contribution in [0, 0.1) is 0 Å². The molecule has 3 rings (SSSR count). The number of primary amides is 1. The van der Waals surface area contributed by atoms with Crippen LogP contribution < -0.4 is 11.1 Å². The van der Waals surface area contributed by atoms with Crippen molar-refractivity contribution in [3.63, 3.8) is 0 Å². The highest BCUT2D eigenvalue weighted by molar-refractivity contribution is 5.97. The maximum Gasteiger partial charge on any atom is 0.404 e. The third kappa shape index (κ3) is 4.90. The summed E-state index contributed by atoms with van der Waals surface area (Å²) in [5.41, 5.74) is 6.58. The second-order valence-electron chi connectivity index (χ2n) is 6.93. The zero-order valence-corrected chi connectivity index (χ0v) is 15.4. The Morgan fingerprint density at radius 1 is 1.07 bits per heavy atom. The first kappa shape index (κ1) is 19.0. The fraction of sp³-hybridized carbons (Fsp3) is 0.526. The third-order valence-corrected chi connectivity index (χ3v) is 5.03. The average molecular weight is 374 g/mol. The molecule has 0 saturated carbocycles. The van der Waals surface area contributed by atoms with Crippen LogP contribution in [0.4, 0.5) is 15.3 Å². The standard InChI is InChI=1S/C19H26N4O4/c20-18(25)27-13-9-14-5-7-15(8-6-14)21-17(24)16-4-3-12-23(16)19(26)22-10-1-2-11-22/h5-8,16H,1-4,9-13H2,(H2,20,25)(H,21,24). The molecule has 2 aliphatic rings. The van der Waals surface area contributed by atoms with E-state index in [1.165, 1.54) is 0 Å². The zero-order valence-electron chi connectivity index (χ0n) is 15.4. The maximum atomic E-state index is 12.7. The largest absolute Gasteiger partial charge is 0.449 e. The lowest BCUT2D eigenvalue weighted by Gasteiger charge is -2.28. The molecule has 1 aromatic carbocycles. The number of nitrogens with zero attached hydrogens (tertiary/aromatic N) is 2. The summed E-state index contributed by atoms with van der Waals surface area (Å²) >= 11 is 0. The second kappa shape index (κ2) is 8.75. The molecule has 3 N–H and O–H groups in total. The first-order chi connectivity index (χ1) is 13.0. The molecule has 1 aromatic rings. The van der Waals surface area contributed by atoms with Crippen molar-refractivity contribution in [2.24, 2.45) is 5.73 Å². The van der Waals surface area contributed by atoms with Gasteiger partial charge in [-0.25, -0.2) is 9.59 Å². The zero-order chi connectivity index (χ0) is 19.2. The SMILES string of the molecule is NC(=O)OCCc1ccc(NC(=O)C2CCCN2C(=O)N2CCCC2)cc1. The van der Waals surface area contributed by atoms with Crippen LogP contribution in [0.3, 0.4) is 0 Å². The molecule has 2 saturated heterocycles. The lowest BCUT2D eigenvalue weighted by atomic mass is 10.1.